The molecule has 2 aliphatic heterocycles. The highest BCUT2D eigenvalue weighted by Crippen LogP contribution is 2.31. The molecular weight excluding hydrogens is 394 g/mol. The first kappa shape index (κ1) is 21.3. The van der Waals surface area contributed by atoms with Gasteiger partial charge in [-0.1, -0.05) is 30.3 Å². The van der Waals surface area contributed by atoms with E-state index in [2.05, 4.69) is 34.6 Å². The Bertz CT molecular complexity index is 907. The zero-order valence-electron chi connectivity index (χ0n) is 17.8. The van der Waals surface area contributed by atoms with Crippen molar-refractivity contribution in [3.63, 3.8) is 0 Å². The minimum Gasteiger partial charge on any atom is -0.366 e. The smallest absolute Gasteiger partial charge is 0.293 e. The van der Waals surface area contributed by atoms with Crippen molar-refractivity contribution in [2.24, 2.45) is 0 Å². The Kier molecular flexibility index (Phi) is 6.79. The van der Waals surface area contributed by atoms with Gasteiger partial charge in [-0.15, -0.1) is 0 Å². The van der Waals surface area contributed by atoms with Crippen LogP contribution in [0.2, 0.25) is 0 Å². The second-order valence-electron chi connectivity index (χ2n) is 8.35. The van der Waals surface area contributed by atoms with Crippen LogP contribution in [0, 0.1) is 10.1 Å². The lowest BCUT2D eigenvalue weighted by molar-refractivity contribution is -0.918. The maximum absolute atomic E-state index is 12.8. The van der Waals surface area contributed by atoms with Gasteiger partial charge < -0.3 is 9.80 Å². The Morgan fingerprint density at radius 1 is 1.00 bits per heavy atom. The highest BCUT2D eigenvalue weighted by atomic mass is 16.6. The van der Waals surface area contributed by atoms with E-state index in [4.69, 9.17) is 0 Å². The van der Waals surface area contributed by atoms with Crippen molar-refractivity contribution in [3.05, 3.63) is 69.8 Å². The molecule has 2 fully saturated rings. The highest BCUT2D eigenvalue weighted by Gasteiger charge is 2.25. The van der Waals surface area contributed by atoms with Gasteiger partial charge >= 0.3 is 0 Å². The maximum atomic E-state index is 12.8. The number of carbonyl (C=O) groups excluding carboxylic acids is 1. The summed E-state index contributed by atoms with van der Waals surface area (Å²) in [5.41, 5.74) is 5.19. The van der Waals surface area contributed by atoms with Crippen LogP contribution in [0.1, 0.15) is 35.2 Å². The van der Waals surface area contributed by atoms with Crippen molar-refractivity contribution in [1.82, 2.24) is 10.4 Å². The molecule has 1 amide bonds. The van der Waals surface area contributed by atoms with Gasteiger partial charge in [0.15, 0.2) is 0 Å². The van der Waals surface area contributed by atoms with E-state index >= 15 is 0 Å². The molecule has 4 rings (SSSR count). The van der Waals surface area contributed by atoms with E-state index in [0.717, 1.165) is 65.1 Å². The minimum atomic E-state index is -0.383. The number of nitro groups is 1. The van der Waals surface area contributed by atoms with Gasteiger partial charge in [0.2, 0.25) is 0 Å². The van der Waals surface area contributed by atoms with Crippen molar-refractivity contribution < 1.29 is 14.6 Å². The lowest BCUT2D eigenvalue weighted by Crippen LogP contribution is -3.13. The summed E-state index contributed by atoms with van der Waals surface area (Å²) >= 11 is 0. The van der Waals surface area contributed by atoms with Crippen molar-refractivity contribution in [1.29, 1.82) is 0 Å². The van der Waals surface area contributed by atoms with Crippen LogP contribution < -0.4 is 15.2 Å². The van der Waals surface area contributed by atoms with Gasteiger partial charge in [-0.3, -0.25) is 20.3 Å². The molecule has 2 aromatic rings. The number of nitro benzene ring substituents is 1. The molecule has 0 bridgehead atoms. The average Bonchev–Trinajstić information content (AvgIpc) is 2.81. The number of hydrogen-bond donors (Lipinski definition) is 2. The van der Waals surface area contributed by atoms with Crippen LogP contribution in [0.5, 0.6) is 0 Å². The number of carbonyl (C=O) groups is 1. The Labute approximate surface area is 182 Å². The first-order valence-electron chi connectivity index (χ1n) is 11.1. The summed E-state index contributed by atoms with van der Waals surface area (Å²) in [6.45, 7) is 5.99. The van der Waals surface area contributed by atoms with Gasteiger partial charge in [-0.05, 0) is 31.4 Å². The number of amides is 1. The zero-order valence-corrected chi connectivity index (χ0v) is 17.8. The topological polar surface area (TPSA) is 83.2 Å². The number of rotatable bonds is 6. The van der Waals surface area contributed by atoms with Crippen molar-refractivity contribution in [2.75, 3.05) is 44.2 Å². The molecule has 2 saturated heterocycles. The molecule has 0 aliphatic carbocycles. The standard InChI is InChI=1S/C23H29N5O3/c29-23(24-27-15-13-25(14-16-27)18-19-7-3-1-4-8-19)20-9-10-21(22(17-20)28(30)31)26-11-5-2-6-12-26/h1,3-4,7-10,17H,2,5-6,11-16,18H2,(H,24,29)/p+1. The Morgan fingerprint density at radius 2 is 1.71 bits per heavy atom. The number of quaternary nitrogens is 1. The summed E-state index contributed by atoms with van der Waals surface area (Å²) in [6.07, 6.45) is 3.24. The predicted octanol–water partition coefficient (Wildman–Crippen LogP) is 1.63. The molecule has 2 aliphatic rings. The first-order chi connectivity index (χ1) is 15.1. The Morgan fingerprint density at radius 3 is 2.39 bits per heavy atom. The largest absolute Gasteiger partial charge is 0.366 e. The van der Waals surface area contributed by atoms with Crippen LogP contribution in [-0.4, -0.2) is 55.1 Å². The molecule has 164 valence electrons. The van der Waals surface area contributed by atoms with Gasteiger partial charge in [0.1, 0.15) is 12.2 Å². The van der Waals surface area contributed by atoms with Crippen LogP contribution in [0.25, 0.3) is 0 Å². The van der Waals surface area contributed by atoms with Crippen LogP contribution in [-0.2, 0) is 6.54 Å². The summed E-state index contributed by atoms with van der Waals surface area (Å²) in [5, 5.41) is 13.6. The number of nitrogens with zero attached hydrogens (tertiary/aromatic N) is 3. The third-order valence-corrected chi connectivity index (χ3v) is 6.16. The number of piperazine rings is 1. The van der Waals surface area contributed by atoms with E-state index in [1.165, 1.54) is 16.5 Å². The van der Waals surface area contributed by atoms with Crippen molar-refractivity contribution in [2.45, 2.75) is 25.8 Å². The molecule has 0 aromatic heterocycles. The molecule has 0 radical (unpaired) electrons. The zero-order chi connectivity index (χ0) is 21.6. The summed E-state index contributed by atoms with van der Waals surface area (Å²) in [6, 6.07) is 15.3. The van der Waals surface area contributed by atoms with Crippen LogP contribution in [0.3, 0.4) is 0 Å². The summed E-state index contributed by atoms with van der Waals surface area (Å²) in [7, 11) is 0. The molecule has 0 atom stereocenters. The van der Waals surface area contributed by atoms with Crippen molar-refractivity contribution in [3.8, 4) is 0 Å². The van der Waals surface area contributed by atoms with E-state index in [-0.39, 0.29) is 16.5 Å². The van der Waals surface area contributed by atoms with E-state index in [0.29, 0.717) is 11.3 Å². The van der Waals surface area contributed by atoms with Gasteiger partial charge in [-0.2, -0.15) is 0 Å². The second kappa shape index (κ2) is 9.89. The van der Waals surface area contributed by atoms with Gasteiger partial charge in [-0.25, -0.2) is 5.01 Å². The Balaban J connectivity index is 1.35. The molecule has 2 N–H and O–H groups in total. The fourth-order valence-electron chi connectivity index (χ4n) is 4.42. The number of nitrogens with one attached hydrogen (secondary N) is 2. The minimum absolute atomic E-state index is 0.00618. The molecule has 31 heavy (non-hydrogen) atoms. The molecule has 0 spiro atoms. The van der Waals surface area contributed by atoms with E-state index in [1.54, 1.807) is 12.1 Å². The van der Waals surface area contributed by atoms with E-state index < -0.39 is 0 Å². The fourth-order valence-corrected chi connectivity index (χ4v) is 4.42. The lowest BCUT2D eigenvalue weighted by atomic mass is 10.1. The summed E-state index contributed by atoms with van der Waals surface area (Å²) < 4.78 is 0. The molecule has 0 saturated carbocycles. The fraction of sp³-hybridized carbons (Fsp3) is 0.435. The molecule has 0 unspecified atom stereocenters. The number of benzene rings is 2. The van der Waals surface area contributed by atoms with E-state index in [9.17, 15) is 14.9 Å². The van der Waals surface area contributed by atoms with Crippen LogP contribution in [0.4, 0.5) is 11.4 Å². The summed E-state index contributed by atoms with van der Waals surface area (Å²) in [5.74, 6) is -0.292. The highest BCUT2D eigenvalue weighted by molar-refractivity contribution is 5.95. The third kappa shape index (κ3) is 5.39. The molecular formula is C23H30N5O3+. The van der Waals surface area contributed by atoms with Gasteiger partial charge in [0.05, 0.1) is 31.1 Å². The predicted molar refractivity (Wildman–Crippen MR) is 119 cm³/mol. The van der Waals surface area contributed by atoms with Crippen LogP contribution >= 0.6 is 0 Å². The molecule has 8 nitrogen and oxygen atoms in total. The number of hydrogen-bond acceptors (Lipinski definition) is 5. The second-order valence-corrected chi connectivity index (χ2v) is 8.35. The van der Waals surface area contributed by atoms with Gasteiger partial charge in [0, 0.05) is 30.3 Å². The molecule has 8 heteroatoms. The summed E-state index contributed by atoms with van der Waals surface area (Å²) in [4.78, 5) is 27.6. The number of piperidine rings is 1. The van der Waals surface area contributed by atoms with Crippen molar-refractivity contribution >= 4 is 17.3 Å². The van der Waals surface area contributed by atoms with Gasteiger partial charge in [0.25, 0.3) is 11.6 Å². The quantitative estimate of drug-likeness (QED) is 0.544. The van der Waals surface area contributed by atoms with Crippen LogP contribution in [0.15, 0.2) is 48.5 Å². The average molecular weight is 425 g/mol. The first-order valence-corrected chi connectivity index (χ1v) is 11.1. The monoisotopic (exact) mass is 424 g/mol. The normalized spacial score (nSPS) is 18.0. The SMILES string of the molecule is O=C(NN1CC[NH+](Cc2ccccc2)CC1)c1ccc(N2CCCCC2)c([N+](=O)[O-])c1. The number of anilines is 1. The third-order valence-electron chi connectivity index (χ3n) is 6.16. The number of hydrazine groups is 1. The maximum Gasteiger partial charge on any atom is 0.293 e. The van der Waals surface area contributed by atoms with E-state index in [1.807, 2.05) is 11.1 Å². The molecule has 2 heterocycles. The Hall–Kier alpha value is -2.97. The lowest BCUT2D eigenvalue weighted by Gasteiger charge is -2.32. The molecule has 2 aromatic carbocycles.